The summed E-state index contributed by atoms with van der Waals surface area (Å²) in [6.07, 6.45) is 0. The molecule has 0 unspecified atom stereocenters. The molecule has 48 heavy (non-hydrogen) atoms. The van der Waals surface area contributed by atoms with Gasteiger partial charge < -0.3 is 30.4 Å². The number of rotatable bonds is 7. The van der Waals surface area contributed by atoms with Crippen molar-refractivity contribution in [2.75, 3.05) is 88.1 Å². The molecule has 2 fully saturated rings. The zero-order chi connectivity index (χ0) is 33.1. The van der Waals surface area contributed by atoms with Crippen molar-refractivity contribution in [3.63, 3.8) is 0 Å². The number of nitrogens with one attached hydrogen (secondary N) is 2. The quantitative estimate of drug-likeness (QED) is 0.324. The molecule has 2 saturated heterocycles. The fraction of sp³-hybridized carbons (Fsp3) is 0.314. The van der Waals surface area contributed by atoms with Crippen molar-refractivity contribution in [1.82, 2.24) is 20.0 Å². The Bertz CT molecular complexity index is 1700. The fourth-order valence-corrected chi connectivity index (χ4v) is 6.07. The number of fused-ring (bicyclic) bond motifs is 1. The van der Waals surface area contributed by atoms with Crippen molar-refractivity contribution < 1.29 is 24.3 Å². The standard InChI is InChI=1S/C35H39N7O5.ClH/c1-38-18-20-40(21-19-38)23-30(43)39(2)27-11-9-26(10-12-27)37-32(24-6-4-3-5-7-24)31-28-13-8-25(34(45)46)22-29(28)42(33(31)44)35(47)41-16-14-36-15-17-41;/h3-13,22,36-37H,14-21,23H2,1-2H3,(H,45,46);1H/b32-31-;. The van der Waals surface area contributed by atoms with Gasteiger partial charge >= 0.3 is 12.0 Å². The van der Waals surface area contributed by atoms with E-state index in [1.807, 2.05) is 54.6 Å². The Morgan fingerprint density at radius 1 is 0.875 bits per heavy atom. The molecule has 252 valence electrons. The van der Waals surface area contributed by atoms with Crippen LogP contribution in [-0.2, 0) is 9.59 Å². The van der Waals surface area contributed by atoms with Crippen molar-refractivity contribution in [2.45, 2.75) is 0 Å². The molecule has 4 amide bonds. The highest BCUT2D eigenvalue weighted by Gasteiger charge is 2.41. The van der Waals surface area contributed by atoms with Crippen LogP contribution in [-0.4, -0.2) is 117 Å². The van der Waals surface area contributed by atoms with Gasteiger partial charge in [-0.15, -0.1) is 12.4 Å². The number of amides is 4. The van der Waals surface area contributed by atoms with Gasteiger partial charge in [-0.3, -0.25) is 14.5 Å². The van der Waals surface area contributed by atoms with Gasteiger partial charge in [-0.2, -0.15) is 0 Å². The second kappa shape index (κ2) is 15.0. The van der Waals surface area contributed by atoms with Gasteiger partial charge in [0.2, 0.25) is 5.91 Å². The summed E-state index contributed by atoms with van der Waals surface area (Å²) >= 11 is 0. The zero-order valence-corrected chi connectivity index (χ0v) is 27.8. The van der Waals surface area contributed by atoms with Crippen molar-refractivity contribution in [2.24, 2.45) is 0 Å². The summed E-state index contributed by atoms with van der Waals surface area (Å²) in [5.74, 6) is -1.69. The van der Waals surface area contributed by atoms with Gasteiger partial charge in [0.05, 0.1) is 29.1 Å². The number of benzene rings is 3. The van der Waals surface area contributed by atoms with Crippen LogP contribution in [0.15, 0.2) is 72.8 Å². The molecule has 3 aromatic carbocycles. The maximum absolute atomic E-state index is 14.3. The predicted octanol–water partition coefficient (Wildman–Crippen LogP) is 3.37. The van der Waals surface area contributed by atoms with Gasteiger partial charge in [-0.25, -0.2) is 14.5 Å². The lowest BCUT2D eigenvalue weighted by molar-refractivity contribution is -0.119. The number of nitrogens with zero attached hydrogens (tertiary/aromatic N) is 5. The number of anilines is 3. The maximum Gasteiger partial charge on any atom is 0.335 e. The molecular formula is C35H40ClN7O5. The van der Waals surface area contributed by atoms with Gasteiger partial charge in [-0.05, 0) is 49.0 Å². The summed E-state index contributed by atoms with van der Waals surface area (Å²) in [6, 6.07) is 20.6. The second-order valence-electron chi connectivity index (χ2n) is 12.0. The fourth-order valence-electron chi connectivity index (χ4n) is 6.07. The van der Waals surface area contributed by atoms with E-state index in [0.29, 0.717) is 55.2 Å². The first-order chi connectivity index (χ1) is 22.7. The number of carbonyl (C=O) groups excluding carboxylic acids is 3. The van der Waals surface area contributed by atoms with Crippen LogP contribution in [0.4, 0.5) is 21.9 Å². The third-order valence-electron chi connectivity index (χ3n) is 8.92. The van der Waals surface area contributed by atoms with Crippen LogP contribution in [0.2, 0.25) is 0 Å². The zero-order valence-electron chi connectivity index (χ0n) is 27.0. The van der Waals surface area contributed by atoms with Crippen LogP contribution in [0, 0.1) is 0 Å². The molecule has 0 aliphatic carbocycles. The van der Waals surface area contributed by atoms with Crippen molar-refractivity contribution in [3.05, 3.63) is 89.5 Å². The molecule has 3 N–H and O–H groups in total. The lowest BCUT2D eigenvalue weighted by Gasteiger charge is -2.32. The summed E-state index contributed by atoms with van der Waals surface area (Å²) in [4.78, 5) is 61.8. The number of halogens is 1. The monoisotopic (exact) mass is 673 g/mol. The summed E-state index contributed by atoms with van der Waals surface area (Å²) < 4.78 is 0. The van der Waals surface area contributed by atoms with E-state index in [2.05, 4.69) is 27.5 Å². The number of urea groups is 1. The third-order valence-corrected chi connectivity index (χ3v) is 8.92. The van der Waals surface area contributed by atoms with E-state index in [-0.39, 0.29) is 35.1 Å². The first-order valence-electron chi connectivity index (χ1n) is 15.8. The summed E-state index contributed by atoms with van der Waals surface area (Å²) in [5, 5.41) is 16.4. The SMILES string of the molecule is CN1CCN(CC(=O)N(C)c2ccc(N/C(=C3\C(=O)N(C(=O)N4CCNCC4)c4cc(C(=O)O)ccc43)c3ccccc3)cc2)CC1.Cl. The van der Waals surface area contributed by atoms with E-state index in [0.717, 1.165) is 36.8 Å². The minimum absolute atomic E-state index is 0. The van der Waals surface area contributed by atoms with E-state index in [1.165, 1.54) is 12.1 Å². The summed E-state index contributed by atoms with van der Waals surface area (Å²) in [6.45, 7) is 5.99. The second-order valence-corrected chi connectivity index (χ2v) is 12.0. The Kier molecular flexibility index (Phi) is 10.8. The smallest absolute Gasteiger partial charge is 0.335 e. The van der Waals surface area contributed by atoms with Crippen LogP contribution in [0.5, 0.6) is 0 Å². The first kappa shape index (κ1) is 34.6. The van der Waals surface area contributed by atoms with E-state index < -0.39 is 17.9 Å². The van der Waals surface area contributed by atoms with Gasteiger partial charge in [-0.1, -0.05) is 36.4 Å². The molecule has 3 aliphatic rings. The predicted molar refractivity (Wildman–Crippen MR) is 189 cm³/mol. The lowest BCUT2D eigenvalue weighted by atomic mass is 9.99. The van der Waals surface area contributed by atoms with Gasteiger partial charge in [0, 0.05) is 76.3 Å². The van der Waals surface area contributed by atoms with Crippen LogP contribution in [0.25, 0.3) is 11.3 Å². The number of carboxylic acids is 1. The van der Waals surface area contributed by atoms with E-state index in [9.17, 15) is 24.3 Å². The van der Waals surface area contributed by atoms with Crippen LogP contribution in [0.3, 0.4) is 0 Å². The van der Waals surface area contributed by atoms with E-state index in [4.69, 9.17) is 0 Å². The Balaban J connectivity index is 0.00000451. The number of hydrogen-bond donors (Lipinski definition) is 3. The molecule has 0 aromatic heterocycles. The molecule has 3 aromatic rings. The Hall–Kier alpha value is -4.75. The first-order valence-corrected chi connectivity index (χ1v) is 15.8. The van der Waals surface area contributed by atoms with Crippen molar-refractivity contribution in [3.8, 4) is 0 Å². The number of carbonyl (C=O) groups is 4. The summed E-state index contributed by atoms with van der Waals surface area (Å²) in [7, 11) is 3.85. The minimum Gasteiger partial charge on any atom is -0.478 e. The van der Waals surface area contributed by atoms with Gasteiger partial charge in [0.15, 0.2) is 0 Å². The Morgan fingerprint density at radius 3 is 2.19 bits per heavy atom. The number of piperazine rings is 2. The Labute approximate surface area is 286 Å². The number of hydrogen-bond acceptors (Lipinski definition) is 8. The molecule has 12 nitrogen and oxygen atoms in total. The van der Waals surface area contributed by atoms with Crippen LogP contribution in [0.1, 0.15) is 21.5 Å². The molecule has 6 rings (SSSR count). The molecule has 0 bridgehead atoms. The van der Waals surface area contributed by atoms with Crippen molar-refractivity contribution in [1.29, 1.82) is 0 Å². The average Bonchev–Trinajstić information content (AvgIpc) is 3.39. The normalized spacial score (nSPS) is 17.8. The molecular weight excluding hydrogens is 634 g/mol. The molecule has 13 heteroatoms. The molecule has 3 aliphatic heterocycles. The molecule has 0 saturated carbocycles. The Morgan fingerprint density at radius 2 is 1.54 bits per heavy atom. The van der Waals surface area contributed by atoms with Gasteiger partial charge in [0.1, 0.15) is 0 Å². The van der Waals surface area contributed by atoms with E-state index in [1.54, 1.807) is 22.9 Å². The number of aromatic carboxylic acids is 1. The lowest BCUT2D eigenvalue weighted by Crippen LogP contribution is -2.52. The average molecular weight is 674 g/mol. The largest absolute Gasteiger partial charge is 0.478 e. The topological polar surface area (TPSA) is 129 Å². The minimum atomic E-state index is -1.15. The van der Waals surface area contributed by atoms with Gasteiger partial charge in [0.25, 0.3) is 5.91 Å². The maximum atomic E-state index is 14.3. The highest BCUT2D eigenvalue weighted by molar-refractivity contribution is 6.44. The molecule has 3 heterocycles. The number of imide groups is 1. The highest BCUT2D eigenvalue weighted by Crippen LogP contribution is 2.42. The van der Waals surface area contributed by atoms with Crippen molar-refractivity contribution >= 4 is 64.6 Å². The van der Waals surface area contributed by atoms with Crippen LogP contribution >= 0.6 is 12.4 Å². The molecule has 0 atom stereocenters. The number of carboxylic acid groups (broad SMARTS) is 1. The van der Waals surface area contributed by atoms with E-state index >= 15 is 0 Å². The number of likely N-dealkylation sites (N-methyl/N-ethyl adjacent to an activating group) is 2. The molecule has 0 radical (unpaired) electrons. The highest BCUT2D eigenvalue weighted by atomic mass is 35.5. The third kappa shape index (κ3) is 7.21. The van der Waals surface area contributed by atoms with Crippen LogP contribution < -0.4 is 20.4 Å². The molecule has 0 spiro atoms. The summed E-state index contributed by atoms with van der Waals surface area (Å²) in [5.41, 5.74) is 3.53.